The van der Waals surface area contributed by atoms with Gasteiger partial charge >= 0.3 is 5.97 Å². The minimum absolute atomic E-state index is 0.253. The molecule has 0 saturated heterocycles. The molecule has 0 bridgehead atoms. The van der Waals surface area contributed by atoms with E-state index in [2.05, 4.69) is 20.9 Å². The van der Waals surface area contributed by atoms with E-state index in [1.165, 1.54) is 0 Å². The van der Waals surface area contributed by atoms with Crippen molar-refractivity contribution in [3.63, 3.8) is 0 Å². The third-order valence-electron chi connectivity index (χ3n) is 3.11. The van der Waals surface area contributed by atoms with Gasteiger partial charge in [0.25, 0.3) is 0 Å². The van der Waals surface area contributed by atoms with Crippen molar-refractivity contribution in [3.05, 3.63) is 69.8 Å². The van der Waals surface area contributed by atoms with Crippen molar-refractivity contribution in [1.29, 1.82) is 0 Å². The Bertz CT molecular complexity index is 796. The molecule has 2 aromatic carbocycles. The van der Waals surface area contributed by atoms with Gasteiger partial charge in [0.1, 0.15) is 5.75 Å². The molecule has 0 fully saturated rings. The third kappa shape index (κ3) is 2.94. The first-order chi connectivity index (χ1) is 10.7. The number of cyclic esters (lactones) is 1. The zero-order valence-electron chi connectivity index (χ0n) is 11.7. The highest BCUT2D eigenvalue weighted by Crippen LogP contribution is 2.25. The van der Waals surface area contributed by atoms with Crippen LogP contribution in [-0.4, -0.2) is 19.0 Å². The Morgan fingerprint density at radius 3 is 2.77 bits per heavy atom. The molecule has 0 unspecified atom stereocenters. The van der Waals surface area contributed by atoms with Crippen molar-refractivity contribution in [1.82, 2.24) is 0 Å². The zero-order valence-corrected chi connectivity index (χ0v) is 13.3. The number of carbonyl (C=O) groups is 1. The largest absolute Gasteiger partial charge is 0.496 e. The normalized spacial score (nSPS) is 15.6. The van der Waals surface area contributed by atoms with Crippen molar-refractivity contribution in [3.8, 4) is 5.75 Å². The predicted octanol–water partition coefficient (Wildman–Crippen LogP) is 3.80. The van der Waals surface area contributed by atoms with Crippen molar-refractivity contribution >= 4 is 33.9 Å². The van der Waals surface area contributed by atoms with E-state index in [-0.39, 0.29) is 11.6 Å². The highest BCUT2D eigenvalue weighted by atomic mass is 79.9. The van der Waals surface area contributed by atoms with Gasteiger partial charge in [-0.25, -0.2) is 9.79 Å². The van der Waals surface area contributed by atoms with Crippen LogP contribution in [0.4, 0.5) is 0 Å². The summed E-state index contributed by atoms with van der Waals surface area (Å²) in [5.74, 6) is 0.391. The highest BCUT2D eigenvalue weighted by molar-refractivity contribution is 9.10. The molecule has 0 aliphatic carbocycles. The predicted molar refractivity (Wildman–Crippen MR) is 87.7 cm³/mol. The Balaban J connectivity index is 1.98. The molecule has 0 spiro atoms. The number of nitrogens with zero attached hydrogens (tertiary/aromatic N) is 1. The summed E-state index contributed by atoms with van der Waals surface area (Å²) in [5, 5.41) is 0. The lowest BCUT2D eigenvalue weighted by Crippen LogP contribution is -2.06. The number of methoxy groups -OCH3 is 1. The van der Waals surface area contributed by atoms with Gasteiger partial charge in [-0.15, -0.1) is 0 Å². The number of halogens is 1. The van der Waals surface area contributed by atoms with Crippen molar-refractivity contribution in [2.24, 2.45) is 4.99 Å². The van der Waals surface area contributed by atoms with E-state index in [0.29, 0.717) is 11.3 Å². The first-order valence-electron chi connectivity index (χ1n) is 6.59. The molecule has 1 aliphatic heterocycles. The maximum absolute atomic E-state index is 12.0. The van der Waals surface area contributed by atoms with Crippen LogP contribution >= 0.6 is 15.9 Å². The summed E-state index contributed by atoms with van der Waals surface area (Å²) < 4.78 is 11.5. The number of aliphatic imine (C=N–C) groups is 1. The second kappa shape index (κ2) is 6.15. The fourth-order valence-electron chi connectivity index (χ4n) is 2.10. The lowest BCUT2D eigenvalue weighted by Gasteiger charge is -2.05. The summed E-state index contributed by atoms with van der Waals surface area (Å²) >= 11 is 3.40. The van der Waals surface area contributed by atoms with Gasteiger partial charge in [-0.05, 0) is 35.9 Å². The van der Waals surface area contributed by atoms with Crippen LogP contribution < -0.4 is 4.74 Å². The number of para-hydroxylation sites is 1. The fraction of sp³-hybridized carbons (Fsp3) is 0.0588. The van der Waals surface area contributed by atoms with E-state index in [1.54, 1.807) is 25.3 Å². The lowest BCUT2D eigenvalue weighted by molar-refractivity contribution is -0.129. The molecule has 0 radical (unpaired) electrons. The van der Waals surface area contributed by atoms with Crippen molar-refractivity contribution < 1.29 is 14.3 Å². The molecule has 2 aromatic rings. The maximum Gasteiger partial charge on any atom is 0.363 e. The topological polar surface area (TPSA) is 47.9 Å². The summed E-state index contributed by atoms with van der Waals surface area (Å²) in [5.41, 5.74) is 1.78. The molecule has 1 aliphatic rings. The highest BCUT2D eigenvalue weighted by Gasteiger charge is 2.26. The van der Waals surface area contributed by atoms with E-state index >= 15 is 0 Å². The number of carbonyl (C=O) groups excluding carboxylic acids is 1. The van der Waals surface area contributed by atoms with Gasteiger partial charge in [-0.1, -0.05) is 40.2 Å². The van der Waals surface area contributed by atoms with E-state index in [4.69, 9.17) is 9.47 Å². The molecule has 0 aromatic heterocycles. The molecule has 0 amide bonds. The van der Waals surface area contributed by atoms with Crippen molar-refractivity contribution in [2.75, 3.05) is 7.11 Å². The zero-order chi connectivity index (χ0) is 15.5. The molecule has 0 saturated carbocycles. The Morgan fingerprint density at radius 2 is 2.00 bits per heavy atom. The van der Waals surface area contributed by atoms with E-state index in [9.17, 15) is 4.79 Å². The Kier molecular flexibility index (Phi) is 4.06. The standard InChI is InChI=1S/C17H12BrNO3/c1-21-15-8-3-2-7-13(15)16-19-14(17(20)22-16)10-11-5-4-6-12(18)9-11/h2-10H,1H3/b14-10-. The lowest BCUT2D eigenvalue weighted by atomic mass is 10.2. The van der Waals surface area contributed by atoms with E-state index in [1.807, 2.05) is 36.4 Å². The van der Waals surface area contributed by atoms with Gasteiger partial charge in [0.2, 0.25) is 5.90 Å². The quantitative estimate of drug-likeness (QED) is 0.619. The van der Waals surface area contributed by atoms with Crippen LogP contribution in [0.1, 0.15) is 11.1 Å². The number of hydrogen-bond acceptors (Lipinski definition) is 4. The first kappa shape index (κ1) is 14.5. The van der Waals surface area contributed by atoms with Crippen LogP contribution in [-0.2, 0) is 9.53 Å². The summed E-state index contributed by atoms with van der Waals surface area (Å²) in [4.78, 5) is 16.3. The van der Waals surface area contributed by atoms with Crippen LogP contribution in [0.25, 0.3) is 6.08 Å². The minimum Gasteiger partial charge on any atom is -0.496 e. The van der Waals surface area contributed by atoms with E-state index in [0.717, 1.165) is 10.0 Å². The summed E-state index contributed by atoms with van der Waals surface area (Å²) in [6.07, 6.45) is 1.69. The maximum atomic E-state index is 12.0. The molecule has 3 rings (SSSR count). The van der Waals surface area contributed by atoms with Gasteiger partial charge in [-0.2, -0.15) is 0 Å². The van der Waals surface area contributed by atoms with Crippen LogP contribution in [0.2, 0.25) is 0 Å². The average Bonchev–Trinajstić information content (AvgIpc) is 2.88. The van der Waals surface area contributed by atoms with Crippen LogP contribution in [0.5, 0.6) is 5.75 Å². The second-order valence-electron chi connectivity index (χ2n) is 4.59. The number of benzene rings is 2. The average molecular weight is 358 g/mol. The van der Waals surface area contributed by atoms with Crippen LogP contribution in [0, 0.1) is 0 Å². The number of ether oxygens (including phenoxy) is 2. The summed E-state index contributed by atoms with van der Waals surface area (Å²) in [7, 11) is 1.56. The smallest absolute Gasteiger partial charge is 0.363 e. The van der Waals surface area contributed by atoms with Gasteiger partial charge < -0.3 is 9.47 Å². The molecule has 110 valence electrons. The molecule has 1 heterocycles. The Morgan fingerprint density at radius 1 is 1.18 bits per heavy atom. The molecule has 5 heteroatoms. The Hall–Kier alpha value is -2.40. The summed E-state index contributed by atoms with van der Waals surface area (Å²) in [6.45, 7) is 0. The SMILES string of the molecule is COc1ccccc1C1=N/C(=C\c2cccc(Br)c2)C(=O)O1. The number of rotatable bonds is 3. The Labute approximate surface area is 136 Å². The van der Waals surface area contributed by atoms with Gasteiger partial charge in [-0.3, -0.25) is 0 Å². The van der Waals surface area contributed by atoms with Gasteiger partial charge in [0.15, 0.2) is 5.70 Å². The van der Waals surface area contributed by atoms with E-state index < -0.39 is 5.97 Å². The molecule has 22 heavy (non-hydrogen) atoms. The summed E-state index contributed by atoms with van der Waals surface area (Å²) in [6, 6.07) is 14.9. The third-order valence-corrected chi connectivity index (χ3v) is 3.60. The molecular weight excluding hydrogens is 346 g/mol. The van der Waals surface area contributed by atoms with Gasteiger partial charge in [0.05, 0.1) is 12.7 Å². The minimum atomic E-state index is -0.471. The van der Waals surface area contributed by atoms with Crippen molar-refractivity contribution in [2.45, 2.75) is 0 Å². The van der Waals surface area contributed by atoms with Crippen LogP contribution in [0.3, 0.4) is 0 Å². The molecule has 4 nitrogen and oxygen atoms in total. The van der Waals surface area contributed by atoms with Gasteiger partial charge in [0, 0.05) is 4.47 Å². The molecule has 0 atom stereocenters. The number of esters is 1. The number of hydrogen-bond donors (Lipinski definition) is 0. The second-order valence-corrected chi connectivity index (χ2v) is 5.51. The first-order valence-corrected chi connectivity index (χ1v) is 7.38. The molecular formula is C17H12BrNO3. The molecule has 0 N–H and O–H groups in total. The monoisotopic (exact) mass is 357 g/mol. The van der Waals surface area contributed by atoms with Crippen LogP contribution in [0.15, 0.2) is 63.7 Å². The fourth-order valence-corrected chi connectivity index (χ4v) is 2.52.